The van der Waals surface area contributed by atoms with Crippen LogP contribution in [0.2, 0.25) is 10.0 Å². The van der Waals surface area contributed by atoms with E-state index in [1.165, 1.54) is 18.2 Å². The number of nitrogens with zero attached hydrogens (tertiary/aromatic N) is 2. The maximum absolute atomic E-state index is 13.3. The molecule has 2 aromatic carbocycles. The maximum Gasteiger partial charge on any atom is 0.256 e. The average molecular weight is 451 g/mol. The van der Waals surface area contributed by atoms with Crippen LogP contribution in [0.1, 0.15) is 34.9 Å². The second-order valence-corrected chi connectivity index (χ2v) is 8.32. The zero-order valence-electron chi connectivity index (χ0n) is 16.2. The smallest absolute Gasteiger partial charge is 0.256 e. The monoisotopic (exact) mass is 450 g/mol. The van der Waals surface area contributed by atoms with Crippen LogP contribution in [0.15, 0.2) is 42.5 Å². The number of amides is 2. The summed E-state index contributed by atoms with van der Waals surface area (Å²) in [6, 6.07) is 10.3. The minimum atomic E-state index is -0.542. The van der Waals surface area contributed by atoms with Crippen LogP contribution in [0.4, 0.5) is 4.39 Å². The van der Waals surface area contributed by atoms with Crippen LogP contribution < -0.4 is 0 Å². The molecule has 0 radical (unpaired) electrons. The van der Waals surface area contributed by atoms with E-state index in [4.69, 9.17) is 27.9 Å². The van der Waals surface area contributed by atoms with E-state index in [-0.39, 0.29) is 23.7 Å². The Morgan fingerprint density at radius 1 is 1.07 bits per heavy atom. The van der Waals surface area contributed by atoms with Gasteiger partial charge in [-0.1, -0.05) is 35.3 Å². The van der Waals surface area contributed by atoms with E-state index in [1.54, 1.807) is 34.1 Å². The third kappa shape index (κ3) is 4.31. The highest BCUT2D eigenvalue weighted by atomic mass is 35.5. The number of ether oxygens (including phenoxy) is 1. The molecule has 0 spiro atoms. The molecule has 2 aromatic rings. The molecule has 2 saturated heterocycles. The van der Waals surface area contributed by atoms with Gasteiger partial charge in [0.1, 0.15) is 18.0 Å². The van der Waals surface area contributed by atoms with Crippen LogP contribution in [0.5, 0.6) is 0 Å². The summed E-state index contributed by atoms with van der Waals surface area (Å²) in [6.45, 7) is 1.69. The summed E-state index contributed by atoms with van der Waals surface area (Å²) >= 11 is 12.2. The lowest BCUT2D eigenvalue weighted by Crippen LogP contribution is -2.51. The fourth-order valence-corrected chi connectivity index (χ4v) is 4.39. The van der Waals surface area contributed by atoms with Crippen LogP contribution in [0, 0.1) is 5.82 Å². The lowest BCUT2D eigenvalue weighted by Gasteiger charge is -2.36. The number of rotatable bonds is 3. The molecule has 2 amide bonds. The molecule has 2 aliphatic rings. The van der Waals surface area contributed by atoms with Gasteiger partial charge in [-0.2, -0.15) is 0 Å². The van der Waals surface area contributed by atoms with E-state index in [2.05, 4.69) is 0 Å². The Morgan fingerprint density at radius 3 is 2.60 bits per heavy atom. The molecule has 0 bridgehead atoms. The van der Waals surface area contributed by atoms with Crippen LogP contribution in [-0.2, 0) is 9.53 Å². The predicted octanol–water partition coefficient (Wildman–Crippen LogP) is 4.34. The summed E-state index contributed by atoms with van der Waals surface area (Å²) in [5.74, 6) is -0.710. The van der Waals surface area contributed by atoms with Crippen molar-refractivity contribution >= 4 is 35.0 Å². The van der Waals surface area contributed by atoms with Crippen molar-refractivity contribution in [2.45, 2.75) is 25.0 Å². The molecule has 2 unspecified atom stereocenters. The molecule has 4 rings (SSSR count). The Kier molecular flexibility index (Phi) is 6.27. The first-order valence-corrected chi connectivity index (χ1v) is 10.6. The quantitative estimate of drug-likeness (QED) is 0.698. The van der Waals surface area contributed by atoms with Crippen LogP contribution >= 0.6 is 23.2 Å². The Bertz CT molecular complexity index is 954. The zero-order chi connectivity index (χ0) is 21.3. The molecule has 0 aromatic heterocycles. The van der Waals surface area contributed by atoms with Gasteiger partial charge in [0.2, 0.25) is 5.91 Å². The largest absolute Gasteiger partial charge is 0.370 e. The van der Waals surface area contributed by atoms with Gasteiger partial charge in [-0.3, -0.25) is 9.59 Å². The highest BCUT2D eigenvalue weighted by molar-refractivity contribution is 6.35. The van der Waals surface area contributed by atoms with Gasteiger partial charge in [0.05, 0.1) is 23.7 Å². The van der Waals surface area contributed by atoms with Gasteiger partial charge in [-0.05, 0) is 48.7 Å². The van der Waals surface area contributed by atoms with Crippen molar-refractivity contribution in [3.8, 4) is 0 Å². The lowest BCUT2D eigenvalue weighted by atomic mass is 10.1. The Morgan fingerprint density at radius 2 is 1.83 bits per heavy atom. The molecule has 30 heavy (non-hydrogen) atoms. The predicted molar refractivity (Wildman–Crippen MR) is 112 cm³/mol. The number of benzene rings is 2. The molecule has 2 heterocycles. The molecule has 0 N–H and O–H groups in total. The number of halogens is 3. The van der Waals surface area contributed by atoms with Crippen molar-refractivity contribution in [3.05, 3.63) is 69.5 Å². The number of carbonyl (C=O) groups excluding carboxylic acids is 2. The molecule has 2 aliphatic heterocycles. The van der Waals surface area contributed by atoms with Crippen molar-refractivity contribution in [2.75, 3.05) is 26.2 Å². The van der Waals surface area contributed by atoms with Crippen molar-refractivity contribution in [1.82, 2.24) is 9.80 Å². The van der Waals surface area contributed by atoms with E-state index < -0.39 is 6.04 Å². The fourth-order valence-electron chi connectivity index (χ4n) is 4.02. The number of hydrogen-bond donors (Lipinski definition) is 0. The molecule has 0 aliphatic carbocycles. The highest BCUT2D eigenvalue weighted by Gasteiger charge is 2.39. The van der Waals surface area contributed by atoms with Gasteiger partial charge in [-0.15, -0.1) is 0 Å². The molecule has 2 atom stereocenters. The molecule has 158 valence electrons. The normalized spacial score (nSPS) is 21.7. The van der Waals surface area contributed by atoms with Crippen LogP contribution in [-0.4, -0.2) is 53.9 Å². The van der Waals surface area contributed by atoms with E-state index >= 15 is 0 Å². The summed E-state index contributed by atoms with van der Waals surface area (Å²) in [6.07, 6.45) is 1.02. The number of morpholine rings is 1. The van der Waals surface area contributed by atoms with Crippen LogP contribution in [0.3, 0.4) is 0 Å². The number of carbonyl (C=O) groups is 2. The van der Waals surface area contributed by atoms with Gasteiger partial charge in [0, 0.05) is 18.1 Å². The summed E-state index contributed by atoms with van der Waals surface area (Å²) in [5.41, 5.74) is 1.12. The number of likely N-dealkylation sites (tertiary alicyclic amines) is 1. The molecular weight excluding hydrogens is 430 g/mol. The Hall–Kier alpha value is -2.15. The maximum atomic E-state index is 13.3. The van der Waals surface area contributed by atoms with Crippen molar-refractivity contribution < 1.29 is 18.7 Å². The Balaban J connectivity index is 1.49. The minimum absolute atomic E-state index is 0.102. The standard InChI is InChI=1S/C22H21Cl2FN2O3/c23-15-5-8-18(24)17(12-15)21(28)27-9-1-2-19(27)22(29)26-10-11-30-20(13-26)14-3-6-16(25)7-4-14/h3-8,12,19-20H,1-2,9-11,13H2. The molecular formula is C22H21Cl2FN2O3. The first-order chi connectivity index (χ1) is 14.4. The highest BCUT2D eigenvalue weighted by Crippen LogP contribution is 2.29. The first kappa shape index (κ1) is 21.1. The van der Waals surface area contributed by atoms with Crippen LogP contribution in [0.25, 0.3) is 0 Å². The van der Waals surface area contributed by atoms with E-state index in [9.17, 15) is 14.0 Å². The fraction of sp³-hybridized carbons (Fsp3) is 0.364. The van der Waals surface area contributed by atoms with Gasteiger partial charge < -0.3 is 14.5 Å². The van der Waals surface area contributed by atoms with Gasteiger partial charge in [0.25, 0.3) is 5.91 Å². The van der Waals surface area contributed by atoms with Gasteiger partial charge in [0.15, 0.2) is 0 Å². The van der Waals surface area contributed by atoms with Crippen molar-refractivity contribution in [2.24, 2.45) is 0 Å². The molecule has 0 saturated carbocycles. The third-order valence-electron chi connectivity index (χ3n) is 5.58. The summed E-state index contributed by atoms with van der Waals surface area (Å²) < 4.78 is 19.0. The van der Waals surface area contributed by atoms with Gasteiger partial charge >= 0.3 is 0 Å². The number of hydrogen-bond acceptors (Lipinski definition) is 3. The average Bonchev–Trinajstić information content (AvgIpc) is 3.25. The second kappa shape index (κ2) is 8.92. The first-order valence-electron chi connectivity index (χ1n) is 9.86. The van der Waals surface area contributed by atoms with Crippen molar-refractivity contribution in [3.63, 3.8) is 0 Å². The van der Waals surface area contributed by atoms with Crippen molar-refractivity contribution in [1.29, 1.82) is 0 Å². The topological polar surface area (TPSA) is 49.9 Å². The van der Waals surface area contributed by atoms with E-state index in [1.807, 2.05) is 0 Å². The third-order valence-corrected chi connectivity index (χ3v) is 6.14. The molecule has 2 fully saturated rings. The van der Waals surface area contributed by atoms with E-state index in [0.29, 0.717) is 48.3 Å². The van der Waals surface area contributed by atoms with Gasteiger partial charge in [-0.25, -0.2) is 4.39 Å². The summed E-state index contributed by atoms with van der Waals surface area (Å²) in [4.78, 5) is 29.7. The van der Waals surface area contributed by atoms with E-state index in [0.717, 1.165) is 12.0 Å². The SMILES string of the molecule is O=C(C1CCCN1C(=O)c1cc(Cl)ccc1Cl)N1CCOC(c2ccc(F)cc2)C1. The second-order valence-electron chi connectivity index (χ2n) is 7.48. The molecule has 5 nitrogen and oxygen atoms in total. The Labute approximate surface area is 184 Å². The lowest BCUT2D eigenvalue weighted by molar-refractivity contribution is -0.143. The summed E-state index contributed by atoms with van der Waals surface area (Å²) in [5, 5.41) is 0.727. The molecule has 8 heteroatoms. The zero-order valence-corrected chi connectivity index (χ0v) is 17.7. The summed E-state index contributed by atoms with van der Waals surface area (Å²) in [7, 11) is 0. The minimum Gasteiger partial charge on any atom is -0.370 e.